The summed E-state index contributed by atoms with van der Waals surface area (Å²) >= 11 is 0. The van der Waals surface area contributed by atoms with E-state index in [1.54, 1.807) is 0 Å². The number of rotatable bonds is 0. The van der Waals surface area contributed by atoms with Gasteiger partial charge >= 0.3 is 0 Å². The van der Waals surface area contributed by atoms with Crippen molar-refractivity contribution in [2.75, 3.05) is 0 Å². The molecule has 0 saturated carbocycles. The number of carbonyl (C=O) groups is 1. The Labute approximate surface area is 68.0 Å². The summed E-state index contributed by atoms with van der Waals surface area (Å²) in [7, 11) is 0. The minimum absolute atomic E-state index is 0.279. The lowest BCUT2D eigenvalue weighted by atomic mass is 10.2. The molecule has 0 aliphatic rings. The normalized spacial score (nSPS) is 8.50. The Kier molecular flexibility index (Phi) is 2.54. The summed E-state index contributed by atoms with van der Waals surface area (Å²) in [6, 6.07) is 3.20. The summed E-state index contributed by atoms with van der Waals surface area (Å²) in [4.78, 5) is 9.79. The summed E-state index contributed by atoms with van der Waals surface area (Å²) in [5, 5.41) is 0. The van der Waals surface area contributed by atoms with Crippen molar-refractivity contribution in [2.24, 2.45) is 0 Å². The van der Waals surface area contributed by atoms with Gasteiger partial charge in [-0.2, -0.15) is 0 Å². The SMILES string of the molecule is O=CC#Cc1ccc(F)c(F)c1. The van der Waals surface area contributed by atoms with E-state index in [1.807, 2.05) is 0 Å². The zero-order chi connectivity index (χ0) is 8.97. The van der Waals surface area contributed by atoms with Crippen molar-refractivity contribution in [1.29, 1.82) is 0 Å². The molecule has 0 bridgehead atoms. The second-order valence-electron chi connectivity index (χ2n) is 2.02. The molecular formula is C9H4F2O. The smallest absolute Gasteiger partial charge is 0.193 e. The second kappa shape index (κ2) is 3.63. The Hall–Kier alpha value is -1.69. The third-order valence-corrected chi connectivity index (χ3v) is 1.20. The van der Waals surface area contributed by atoms with Crippen LogP contribution in [0.5, 0.6) is 0 Å². The van der Waals surface area contributed by atoms with Crippen LogP contribution in [0.1, 0.15) is 5.56 Å². The van der Waals surface area contributed by atoms with E-state index in [-0.39, 0.29) is 5.56 Å². The summed E-state index contributed by atoms with van der Waals surface area (Å²) in [5.41, 5.74) is 0.279. The lowest BCUT2D eigenvalue weighted by molar-refractivity contribution is -0.103. The first-order valence-electron chi connectivity index (χ1n) is 3.14. The van der Waals surface area contributed by atoms with Gasteiger partial charge in [0, 0.05) is 5.56 Å². The predicted molar refractivity (Wildman–Crippen MR) is 39.3 cm³/mol. The Morgan fingerprint density at radius 1 is 1.25 bits per heavy atom. The molecule has 60 valence electrons. The average Bonchev–Trinajstić information content (AvgIpc) is 2.07. The van der Waals surface area contributed by atoms with Crippen LogP contribution in [0.15, 0.2) is 18.2 Å². The predicted octanol–water partition coefficient (Wildman–Crippen LogP) is 1.52. The van der Waals surface area contributed by atoms with Gasteiger partial charge < -0.3 is 0 Å². The molecule has 0 radical (unpaired) electrons. The second-order valence-corrected chi connectivity index (χ2v) is 2.02. The minimum atomic E-state index is -0.965. The molecule has 0 amide bonds. The number of carbonyl (C=O) groups excluding carboxylic acids is 1. The monoisotopic (exact) mass is 166 g/mol. The van der Waals surface area contributed by atoms with E-state index in [2.05, 4.69) is 11.8 Å². The Bertz CT molecular complexity index is 361. The van der Waals surface area contributed by atoms with Gasteiger partial charge in [-0.25, -0.2) is 8.78 Å². The lowest BCUT2D eigenvalue weighted by Crippen LogP contribution is -1.84. The largest absolute Gasteiger partial charge is 0.289 e. The molecule has 1 nitrogen and oxygen atoms in total. The highest BCUT2D eigenvalue weighted by molar-refractivity contribution is 5.73. The maximum atomic E-state index is 12.5. The van der Waals surface area contributed by atoms with Crippen molar-refractivity contribution in [2.45, 2.75) is 0 Å². The van der Waals surface area contributed by atoms with Gasteiger partial charge in [-0.3, -0.25) is 4.79 Å². The van der Waals surface area contributed by atoms with E-state index in [0.717, 1.165) is 12.1 Å². The molecular weight excluding hydrogens is 162 g/mol. The van der Waals surface area contributed by atoms with Gasteiger partial charge in [-0.05, 0) is 24.1 Å². The van der Waals surface area contributed by atoms with Crippen molar-refractivity contribution in [3.05, 3.63) is 35.4 Å². The quantitative estimate of drug-likeness (QED) is 0.421. The fourth-order valence-corrected chi connectivity index (χ4v) is 0.687. The minimum Gasteiger partial charge on any atom is -0.289 e. The van der Waals surface area contributed by atoms with Gasteiger partial charge in [0.25, 0.3) is 0 Å². The molecule has 0 saturated heterocycles. The number of aldehydes is 1. The van der Waals surface area contributed by atoms with Gasteiger partial charge in [0.15, 0.2) is 17.9 Å². The maximum absolute atomic E-state index is 12.5. The molecule has 0 aromatic heterocycles. The highest BCUT2D eigenvalue weighted by Crippen LogP contribution is 2.06. The van der Waals surface area contributed by atoms with Crippen molar-refractivity contribution < 1.29 is 13.6 Å². The fourth-order valence-electron chi connectivity index (χ4n) is 0.687. The molecule has 0 heterocycles. The van der Waals surface area contributed by atoms with E-state index < -0.39 is 11.6 Å². The molecule has 0 N–H and O–H groups in total. The van der Waals surface area contributed by atoms with Crippen LogP contribution in [-0.2, 0) is 4.79 Å². The van der Waals surface area contributed by atoms with Crippen LogP contribution in [0.25, 0.3) is 0 Å². The van der Waals surface area contributed by atoms with E-state index in [4.69, 9.17) is 0 Å². The average molecular weight is 166 g/mol. The number of halogens is 2. The first kappa shape index (κ1) is 8.41. The summed E-state index contributed by atoms with van der Waals surface area (Å²) in [6.07, 6.45) is 0.390. The van der Waals surface area contributed by atoms with E-state index >= 15 is 0 Å². The van der Waals surface area contributed by atoms with Gasteiger partial charge in [-0.1, -0.05) is 5.92 Å². The first-order valence-corrected chi connectivity index (χ1v) is 3.14. The molecule has 1 rings (SSSR count). The van der Waals surface area contributed by atoms with Crippen LogP contribution < -0.4 is 0 Å². The van der Waals surface area contributed by atoms with E-state index in [9.17, 15) is 13.6 Å². The summed E-state index contributed by atoms with van der Waals surface area (Å²) in [6.45, 7) is 0. The first-order chi connectivity index (χ1) is 5.74. The standard InChI is InChI=1S/C9H4F2O/c10-8-4-3-7(2-1-5-12)6-9(8)11/h3-6H. The van der Waals surface area contributed by atoms with Crippen LogP contribution in [0.2, 0.25) is 0 Å². The molecule has 12 heavy (non-hydrogen) atoms. The molecule has 0 unspecified atom stereocenters. The zero-order valence-electron chi connectivity index (χ0n) is 5.97. The topological polar surface area (TPSA) is 17.1 Å². The zero-order valence-corrected chi connectivity index (χ0v) is 5.97. The van der Waals surface area contributed by atoms with Crippen LogP contribution in [0, 0.1) is 23.5 Å². The summed E-state index contributed by atoms with van der Waals surface area (Å²) in [5.74, 6) is 2.54. The molecule has 0 aliphatic heterocycles. The van der Waals surface area contributed by atoms with Crippen molar-refractivity contribution in [3.63, 3.8) is 0 Å². The molecule has 3 heteroatoms. The van der Waals surface area contributed by atoms with Crippen molar-refractivity contribution in [3.8, 4) is 11.8 Å². The number of hydrogen-bond acceptors (Lipinski definition) is 1. The third kappa shape index (κ3) is 1.89. The van der Waals surface area contributed by atoms with Gasteiger partial charge in [-0.15, -0.1) is 0 Å². The van der Waals surface area contributed by atoms with Crippen LogP contribution in [-0.4, -0.2) is 6.29 Å². The third-order valence-electron chi connectivity index (χ3n) is 1.20. The van der Waals surface area contributed by atoms with Gasteiger partial charge in [0.2, 0.25) is 0 Å². The van der Waals surface area contributed by atoms with Crippen LogP contribution in [0.3, 0.4) is 0 Å². The van der Waals surface area contributed by atoms with Gasteiger partial charge in [0.05, 0.1) is 0 Å². The van der Waals surface area contributed by atoms with E-state index in [0.29, 0.717) is 6.29 Å². The fraction of sp³-hybridized carbons (Fsp3) is 0. The Morgan fingerprint density at radius 2 is 2.00 bits per heavy atom. The molecule has 1 aromatic carbocycles. The maximum Gasteiger partial charge on any atom is 0.193 e. The summed E-state index contributed by atoms with van der Waals surface area (Å²) < 4.78 is 24.8. The number of hydrogen-bond donors (Lipinski definition) is 0. The highest BCUT2D eigenvalue weighted by Gasteiger charge is 1.99. The Morgan fingerprint density at radius 3 is 2.58 bits per heavy atom. The van der Waals surface area contributed by atoms with Crippen molar-refractivity contribution >= 4 is 6.29 Å². The van der Waals surface area contributed by atoms with E-state index in [1.165, 1.54) is 6.07 Å². The molecule has 0 aliphatic carbocycles. The number of benzene rings is 1. The molecule has 0 fully saturated rings. The van der Waals surface area contributed by atoms with Gasteiger partial charge in [0.1, 0.15) is 0 Å². The molecule has 0 atom stereocenters. The molecule has 1 aromatic rings. The van der Waals surface area contributed by atoms with Crippen LogP contribution in [0.4, 0.5) is 8.78 Å². The van der Waals surface area contributed by atoms with Crippen molar-refractivity contribution in [1.82, 2.24) is 0 Å². The Balaban J connectivity index is 3.04. The van der Waals surface area contributed by atoms with Crippen LogP contribution >= 0.6 is 0 Å². The lowest BCUT2D eigenvalue weighted by Gasteiger charge is -1.91. The highest BCUT2D eigenvalue weighted by atomic mass is 19.2. The molecule has 0 spiro atoms.